The average molecular weight is 163 g/mol. The van der Waals surface area contributed by atoms with Crippen LogP contribution in [-0.2, 0) is 7.05 Å². The Kier molecular flexibility index (Phi) is 1.27. The van der Waals surface area contributed by atoms with Crippen molar-refractivity contribution in [3.63, 3.8) is 0 Å². The molecule has 0 unspecified atom stereocenters. The van der Waals surface area contributed by atoms with Gasteiger partial charge in [0.1, 0.15) is 17.4 Å². The van der Waals surface area contributed by atoms with Crippen molar-refractivity contribution < 1.29 is 0 Å². The van der Waals surface area contributed by atoms with Crippen molar-refractivity contribution in [2.24, 2.45) is 7.05 Å². The Morgan fingerprint density at radius 1 is 1.42 bits per heavy atom. The second-order valence-electron chi connectivity index (χ2n) is 2.67. The third kappa shape index (κ3) is 0.761. The molecular formula is C7H9N5. The van der Waals surface area contributed by atoms with Crippen molar-refractivity contribution in [1.82, 2.24) is 19.7 Å². The van der Waals surface area contributed by atoms with E-state index in [1.807, 2.05) is 14.0 Å². The minimum Gasteiger partial charge on any atom is -0.382 e. The number of hydrogen-bond acceptors (Lipinski definition) is 4. The SMILES string of the molecule is Cc1nn(C)c2c(N)ncnc12. The maximum absolute atomic E-state index is 5.66. The molecule has 2 N–H and O–H groups in total. The van der Waals surface area contributed by atoms with Crippen LogP contribution in [0, 0.1) is 6.92 Å². The summed E-state index contributed by atoms with van der Waals surface area (Å²) in [6.45, 7) is 1.90. The van der Waals surface area contributed by atoms with Gasteiger partial charge >= 0.3 is 0 Å². The first-order valence-electron chi connectivity index (χ1n) is 3.60. The van der Waals surface area contributed by atoms with Crippen LogP contribution >= 0.6 is 0 Å². The monoisotopic (exact) mass is 163 g/mol. The second kappa shape index (κ2) is 2.17. The molecule has 62 valence electrons. The predicted molar refractivity (Wildman–Crippen MR) is 45.5 cm³/mol. The number of nitrogens with zero attached hydrogens (tertiary/aromatic N) is 4. The lowest BCUT2D eigenvalue weighted by molar-refractivity contribution is 0.783. The summed E-state index contributed by atoms with van der Waals surface area (Å²) in [5.41, 5.74) is 8.16. The number of aryl methyl sites for hydroxylation is 2. The maximum atomic E-state index is 5.66. The smallest absolute Gasteiger partial charge is 0.153 e. The van der Waals surface area contributed by atoms with Crippen LogP contribution in [0.25, 0.3) is 11.0 Å². The largest absolute Gasteiger partial charge is 0.382 e. The van der Waals surface area contributed by atoms with Gasteiger partial charge in [0.25, 0.3) is 0 Å². The van der Waals surface area contributed by atoms with Crippen LogP contribution in [0.15, 0.2) is 6.33 Å². The van der Waals surface area contributed by atoms with E-state index in [-0.39, 0.29) is 0 Å². The van der Waals surface area contributed by atoms with Crippen molar-refractivity contribution in [2.45, 2.75) is 6.92 Å². The van der Waals surface area contributed by atoms with Crippen LogP contribution in [0.2, 0.25) is 0 Å². The lowest BCUT2D eigenvalue weighted by Gasteiger charge is -1.95. The summed E-state index contributed by atoms with van der Waals surface area (Å²) >= 11 is 0. The first-order chi connectivity index (χ1) is 5.70. The van der Waals surface area contributed by atoms with E-state index in [1.54, 1.807) is 4.68 Å². The molecule has 0 bridgehead atoms. The van der Waals surface area contributed by atoms with E-state index in [2.05, 4.69) is 15.1 Å². The van der Waals surface area contributed by atoms with Gasteiger partial charge in [0, 0.05) is 7.05 Å². The zero-order chi connectivity index (χ0) is 8.72. The molecule has 0 aromatic carbocycles. The Labute approximate surface area is 69.2 Å². The Balaban J connectivity index is 2.99. The van der Waals surface area contributed by atoms with E-state index >= 15 is 0 Å². The minimum atomic E-state index is 0.475. The highest BCUT2D eigenvalue weighted by atomic mass is 15.3. The summed E-state index contributed by atoms with van der Waals surface area (Å²) < 4.78 is 1.69. The maximum Gasteiger partial charge on any atom is 0.153 e. The molecule has 0 aliphatic rings. The summed E-state index contributed by atoms with van der Waals surface area (Å²) in [7, 11) is 1.83. The van der Waals surface area contributed by atoms with Gasteiger partial charge < -0.3 is 5.73 Å². The van der Waals surface area contributed by atoms with Gasteiger partial charge in [-0.25, -0.2) is 9.97 Å². The molecule has 0 amide bonds. The van der Waals surface area contributed by atoms with Crippen LogP contribution in [0.5, 0.6) is 0 Å². The fraction of sp³-hybridized carbons (Fsp3) is 0.286. The van der Waals surface area contributed by atoms with Gasteiger partial charge in [-0.05, 0) is 6.92 Å². The Morgan fingerprint density at radius 3 is 2.83 bits per heavy atom. The summed E-state index contributed by atoms with van der Waals surface area (Å²) in [6.07, 6.45) is 1.45. The third-order valence-corrected chi connectivity index (χ3v) is 1.82. The molecule has 0 aliphatic heterocycles. The van der Waals surface area contributed by atoms with Crippen LogP contribution in [-0.4, -0.2) is 19.7 Å². The van der Waals surface area contributed by atoms with Crippen LogP contribution in [0.3, 0.4) is 0 Å². The lowest BCUT2D eigenvalue weighted by Crippen LogP contribution is -1.97. The number of nitrogen functional groups attached to an aromatic ring is 1. The number of fused-ring (bicyclic) bond motifs is 1. The molecule has 5 heteroatoms. The quantitative estimate of drug-likeness (QED) is 0.604. The third-order valence-electron chi connectivity index (χ3n) is 1.82. The fourth-order valence-electron chi connectivity index (χ4n) is 1.30. The topological polar surface area (TPSA) is 69.6 Å². The van der Waals surface area contributed by atoms with Gasteiger partial charge in [0.15, 0.2) is 5.82 Å². The molecule has 2 aromatic heterocycles. The van der Waals surface area contributed by atoms with Gasteiger partial charge in [0.05, 0.1) is 5.69 Å². The van der Waals surface area contributed by atoms with Crippen LogP contribution in [0.1, 0.15) is 5.69 Å². The molecule has 0 fully saturated rings. The molecular weight excluding hydrogens is 154 g/mol. The van der Waals surface area contributed by atoms with E-state index in [9.17, 15) is 0 Å². The van der Waals surface area contributed by atoms with Crippen LogP contribution in [0.4, 0.5) is 5.82 Å². The van der Waals surface area contributed by atoms with E-state index < -0.39 is 0 Å². The van der Waals surface area contributed by atoms with E-state index in [1.165, 1.54) is 6.33 Å². The highest BCUT2D eigenvalue weighted by Gasteiger charge is 2.08. The molecule has 0 atom stereocenters. The lowest BCUT2D eigenvalue weighted by atomic mass is 10.3. The van der Waals surface area contributed by atoms with Gasteiger partial charge in [0.2, 0.25) is 0 Å². The number of aromatic nitrogens is 4. The zero-order valence-electron chi connectivity index (χ0n) is 6.94. The molecule has 0 saturated heterocycles. The van der Waals surface area contributed by atoms with E-state index in [0.29, 0.717) is 5.82 Å². The number of nitrogens with two attached hydrogens (primary N) is 1. The standard InChI is InChI=1S/C7H9N5/c1-4-5-6(12(2)11-4)7(8)10-3-9-5/h3H,1-2H3,(H2,8,9,10). The van der Waals surface area contributed by atoms with Gasteiger partial charge in [-0.3, -0.25) is 4.68 Å². The molecule has 0 aliphatic carbocycles. The molecule has 0 saturated carbocycles. The van der Waals surface area contributed by atoms with Gasteiger partial charge in [-0.1, -0.05) is 0 Å². The minimum absolute atomic E-state index is 0.475. The zero-order valence-corrected chi connectivity index (χ0v) is 6.94. The fourth-order valence-corrected chi connectivity index (χ4v) is 1.30. The van der Waals surface area contributed by atoms with Gasteiger partial charge in [-0.2, -0.15) is 5.10 Å². The number of hydrogen-bond donors (Lipinski definition) is 1. The van der Waals surface area contributed by atoms with Crippen molar-refractivity contribution >= 4 is 16.9 Å². The number of rotatable bonds is 0. The normalized spacial score (nSPS) is 10.8. The Morgan fingerprint density at radius 2 is 2.17 bits per heavy atom. The van der Waals surface area contributed by atoms with Gasteiger partial charge in [-0.15, -0.1) is 0 Å². The van der Waals surface area contributed by atoms with Crippen molar-refractivity contribution in [2.75, 3.05) is 5.73 Å². The Hall–Kier alpha value is -1.65. The van der Waals surface area contributed by atoms with E-state index in [4.69, 9.17) is 5.73 Å². The van der Waals surface area contributed by atoms with Crippen molar-refractivity contribution in [1.29, 1.82) is 0 Å². The molecule has 0 spiro atoms. The second-order valence-corrected chi connectivity index (χ2v) is 2.67. The summed E-state index contributed by atoms with van der Waals surface area (Å²) in [5.74, 6) is 0.475. The summed E-state index contributed by atoms with van der Waals surface area (Å²) in [4.78, 5) is 7.98. The summed E-state index contributed by atoms with van der Waals surface area (Å²) in [5, 5.41) is 4.19. The van der Waals surface area contributed by atoms with E-state index in [0.717, 1.165) is 16.7 Å². The molecule has 2 heterocycles. The highest BCUT2D eigenvalue weighted by molar-refractivity contribution is 5.85. The molecule has 0 radical (unpaired) electrons. The van der Waals surface area contributed by atoms with Crippen molar-refractivity contribution in [3.8, 4) is 0 Å². The number of anilines is 1. The average Bonchev–Trinajstić information content (AvgIpc) is 2.29. The highest BCUT2D eigenvalue weighted by Crippen LogP contribution is 2.17. The van der Waals surface area contributed by atoms with Crippen molar-refractivity contribution in [3.05, 3.63) is 12.0 Å². The Bertz CT molecular complexity index is 431. The molecule has 12 heavy (non-hydrogen) atoms. The van der Waals surface area contributed by atoms with Crippen LogP contribution < -0.4 is 5.73 Å². The first-order valence-corrected chi connectivity index (χ1v) is 3.60. The first kappa shape index (κ1) is 7.02. The summed E-state index contributed by atoms with van der Waals surface area (Å²) in [6, 6.07) is 0. The predicted octanol–water partition coefficient (Wildman–Crippen LogP) is 0.254. The molecule has 2 aromatic rings. The molecule has 5 nitrogen and oxygen atoms in total. The molecule has 2 rings (SSSR count).